The standard InChI is InChI=1S/C33H40F2N4O3S/c1-20(2)28-19-39(24-11-13-33(34,35)14-12-24)18-25-16-27(28)23-9-6-10-26(15-23)43(40,41)38-32-36-29(17-30(37-32)42-25)31-21(3)7-5-8-22(31)4/h5-10,15,17,20,24-25,27-28H,11-14,16,18-19H2,1-4H3,(H,36,37,38)/t25-,27?,28+/m0/s1. The number of nitrogens with one attached hydrogen (secondary N) is 1. The maximum absolute atomic E-state index is 14.1. The lowest BCUT2D eigenvalue weighted by Crippen LogP contribution is -2.46. The van der Waals surface area contributed by atoms with Crippen molar-refractivity contribution in [2.75, 3.05) is 17.8 Å². The van der Waals surface area contributed by atoms with Gasteiger partial charge in [0.2, 0.25) is 17.8 Å². The summed E-state index contributed by atoms with van der Waals surface area (Å²) < 4.78 is 64.8. The fourth-order valence-electron chi connectivity index (χ4n) is 7.24. The molecule has 43 heavy (non-hydrogen) atoms. The molecule has 230 valence electrons. The number of hydrogen-bond donors (Lipinski definition) is 1. The monoisotopic (exact) mass is 610 g/mol. The fraction of sp³-hybridized carbons (Fsp3) is 0.515. The van der Waals surface area contributed by atoms with Gasteiger partial charge in [-0.25, -0.2) is 26.9 Å². The predicted octanol–water partition coefficient (Wildman–Crippen LogP) is 6.96. The summed E-state index contributed by atoms with van der Waals surface area (Å²) >= 11 is 0. The molecule has 3 atom stereocenters. The van der Waals surface area contributed by atoms with Crippen molar-refractivity contribution in [2.24, 2.45) is 11.8 Å². The molecule has 1 saturated carbocycles. The molecule has 3 aliphatic rings. The number of halogens is 2. The highest BCUT2D eigenvalue weighted by atomic mass is 32.2. The van der Waals surface area contributed by atoms with Crippen LogP contribution in [0.2, 0.25) is 0 Å². The van der Waals surface area contributed by atoms with Gasteiger partial charge < -0.3 is 4.74 Å². The van der Waals surface area contributed by atoms with Crippen LogP contribution in [0.5, 0.6) is 5.88 Å². The topological polar surface area (TPSA) is 84.4 Å². The van der Waals surface area contributed by atoms with Gasteiger partial charge in [0, 0.05) is 43.6 Å². The lowest BCUT2D eigenvalue weighted by atomic mass is 9.77. The number of alkyl halides is 2. The number of anilines is 1. The van der Waals surface area contributed by atoms with Gasteiger partial charge in [-0.05, 0) is 79.7 Å². The lowest BCUT2D eigenvalue weighted by molar-refractivity contribution is -0.0572. The summed E-state index contributed by atoms with van der Waals surface area (Å²) in [6, 6.07) is 14.9. The van der Waals surface area contributed by atoms with Crippen molar-refractivity contribution < 1.29 is 21.9 Å². The summed E-state index contributed by atoms with van der Waals surface area (Å²) in [4.78, 5) is 11.7. The molecule has 0 radical (unpaired) electrons. The summed E-state index contributed by atoms with van der Waals surface area (Å²) in [6.45, 7) is 9.67. The maximum Gasteiger partial charge on any atom is 0.264 e. The minimum absolute atomic E-state index is 0.00833. The summed E-state index contributed by atoms with van der Waals surface area (Å²) in [7, 11) is -3.99. The molecule has 0 spiro atoms. The van der Waals surface area contributed by atoms with Crippen LogP contribution in [0, 0.1) is 25.7 Å². The van der Waals surface area contributed by atoms with E-state index in [1.165, 1.54) is 0 Å². The van der Waals surface area contributed by atoms with Crippen LogP contribution in [-0.4, -0.2) is 54.4 Å². The highest BCUT2D eigenvalue weighted by Gasteiger charge is 2.42. The van der Waals surface area contributed by atoms with E-state index in [1.54, 1.807) is 24.3 Å². The number of rotatable bonds is 3. The zero-order valence-corrected chi connectivity index (χ0v) is 26.0. The molecule has 3 heterocycles. The fourth-order valence-corrected chi connectivity index (χ4v) is 8.24. The number of aromatic nitrogens is 2. The maximum atomic E-state index is 14.1. The van der Waals surface area contributed by atoms with Gasteiger partial charge in [0.25, 0.3) is 10.0 Å². The Morgan fingerprint density at radius 1 is 1.00 bits per heavy atom. The van der Waals surface area contributed by atoms with Crippen LogP contribution in [0.1, 0.15) is 68.6 Å². The summed E-state index contributed by atoms with van der Waals surface area (Å²) in [5.41, 5.74) is 4.41. The van der Waals surface area contributed by atoms with Crippen molar-refractivity contribution in [3.63, 3.8) is 0 Å². The number of benzene rings is 2. The molecular weight excluding hydrogens is 570 g/mol. The predicted molar refractivity (Wildman–Crippen MR) is 163 cm³/mol. The average Bonchev–Trinajstić information content (AvgIpc) is 3.12. The molecule has 10 heteroatoms. The molecule has 2 aliphatic heterocycles. The van der Waals surface area contributed by atoms with Crippen molar-refractivity contribution in [3.05, 3.63) is 65.2 Å². The second-order valence-electron chi connectivity index (χ2n) is 12.9. The number of likely N-dealkylation sites (tertiary alicyclic amines) is 1. The Hall–Kier alpha value is -3.11. The zero-order chi connectivity index (χ0) is 30.5. The molecule has 2 aromatic carbocycles. The molecule has 0 amide bonds. The van der Waals surface area contributed by atoms with Gasteiger partial charge in [-0.3, -0.25) is 4.90 Å². The van der Waals surface area contributed by atoms with E-state index in [1.807, 2.05) is 38.1 Å². The lowest BCUT2D eigenvalue weighted by Gasteiger charge is -2.39. The zero-order valence-electron chi connectivity index (χ0n) is 25.2. The van der Waals surface area contributed by atoms with E-state index < -0.39 is 15.9 Å². The molecule has 1 unspecified atom stereocenters. The van der Waals surface area contributed by atoms with E-state index in [2.05, 4.69) is 33.4 Å². The normalized spacial score (nSPS) is 25.5. The summed E-state index contributed by atoms with van der Waals surface area (Å²) in [6.07, 6.45) is 1.05. The molecule has 6 bridgehead atoms. The van der Waals surface area contributed by atoms with Crippen molar-refractivity contribution in [3.8, 4) is 17.1 Å². The van der Waals surface area contributed by atoms with Crippen LogP contribution in [0.15, 0.2) is 53.4 Å². The third-order valence-corrected chi connectivity index (χ3v) is 10.9. The van der Waals surface area contributed by atoms with Gasteiger partial charge in [-0.2, -0.15) is 4.98 Å². The van der Waals surface area contributed by atoms with Crippen molar-refractivity contribution in [1.82, 2.24) is 14.9 Å². The van der Waals surface area contributed by atoms with Crippen LogP contribution >= 0.6 is 0 Å². The molecule has 1 N–H and O–H groups in total. The van der Waals surface area contributed by atoms with Crippen LogP contribution in [0.4, 0.5) is 14.7 Å². The van der Waals surface area contributed by atoms with Crippen LogP contribution < -0.4 is 9.46 Å². The second-order valence-corrected chi connectivity index (χ2v) is 14.6. The third kappa shape index (κ3) is 6.27. The minimum Gasteiger partial charge on any atom is -0.473 e. The number of ether oxygens (including phenoxy) is 1. The molecule has 3 aromatic rings. The highest BCUT2D eigenvalue weighted by Crippen LogP contribution is 2.42. The number of hydrogen-bond acceptors (Lipinski definition) is 6. The van der Waals surface area contributed by atoms with E-state index in [0.717, 1.165) is 28.8 Å². The van der Waals surface area contributed by atoms with E-state index >= 15 is 0 Å². The first-order chi connectivity index (χ1) is 20.4. The summed E-state index contributed by atoms with van der Waals surface area (Å²) in [5.74, 6) is -1.91. The van der Waals surface area contributed by atoms with Crippen LogP contribution in [0.25, 0.3) is 11.3 Å². The van der Waals surface area contributed by atoms with Crippen LogP contribution in [-0.2, 0) is 10.0 Å². The first kappa shape index (κ1) is 29.9. The molecule has 1 saturated heterocycles. The SMILES string of the molecule is Cc1cccc(C)c1-c1cc2nc(n1)NS(=O)(=O)c1cccc(c1)C1C[C@@H](CN(C3CCC(F)(F)CC3)C[C@@H]1C(C)C)O2. The number of aryl methyl sites for hydroxylation is 2. The van der Waals surface area contributed by atoms with E-state index in [0.29, 0.717) is 31.5 Å². The van der Waals surface area contributed by atoms with Crippen molar-refractivity contribution in [1.29, 1.82) is 0 Å². The Labute approximate surface area is 253 Å². The Bertz CT molecular complexity index is 1580. The molecule has 2 fully saturated rings. The Balaban J connectivity index is 1.48. The smallest absolute Gasteiger partial charge is 0.264 e. The largest absolute Gasteiger partial charge is 0.473 e. The van der Waals surface area contributed by atoms with E-state index in [4.69, 9.17) is 4.74 Å². The van der Waals surface area contributed by atoms with Crippen LogP contribution in [0.3, 0.4) is 0 Å². The Morgan fingerprint density at radius 2 is 1.70 bits per heavy atom. The van der Waals surface area contributed by atoms with Gasteiger partial charge in [-0.1, -0.05) is 44.2 Å². The van der Waals surface area contributed by atoms with Gasteiger partial charge in [0.05, 0.1) is 10.6 Å². The molecule has 7 nitrogen and oxygen atoms in total. The van der Waals surface area contributed by atoms with Crippen molar-refractivity contribution >= 4 is 16.0 Å². The molecular formula is C33H40F2N4O3S. The van der Waals surface area contributed by atoms with Gasteiger partial charge in [0.15, 0.2) is 0 Å². The first-order valence-electron chi connectivity index (χ1n) is 15.3. The Morgan fingerprint density at radius 3 is 2.40 bits per heavy atom. The molecule has 6 rings (SSSR count). The minimum atomic E-state index is -3.99. The first-order valence-corrected chi connectivity index (χ1v) is 16.7. The Kier molecular flexibility index (Phi) is 7.96. The number of sulfonamides is 1. The summed E-state index contributed by atoms with van der Waals surface area (Å²) in [5, 5.41) is 0. The van der Waals surface area contributed by atoms with E-state index in [9.17, 15) is 17.2 Å². The number of fused-ring (bicyclic) bond motifs is 7. The van der Waals surface area contributed by atoms with E-state index in [-0.39, 0.29) is 59.5 Å². The quantitative estimate of drug-likeness (QED) is 0.345. The average molecular weight is 611 g/mol. The van der Waals surface area contributed by atoms with Crippen molar-refractivity contribution in [2.45, 2.75) is 88.7 Å². The highest BCUT2D eigenvalue weighted by molar-refractivity contribution is 7.92. The van der Waals surface area contributed by atoms with Gasteiger partial charge in [-0.15, -0.1) is 0 Å². The third-order valence-electron chi connectivity index (χ3n) is 9.53. The van der Waals surface area contributed by atoms with Gasteiger partial charge in [0.1, 0.15) is 6.10 Å². The van der Waals surface area contributed by atoms with Gasteiger partial charge >= 0.3 is 0 Å². The number of nitrogens with zero attached hydrogens (tertiary/aromatic N) is 3. The molecule has 1 aromatic heterocycles. The molecule has 1 aliphatic carbocycles. The second kappa shape index (κ2) is 11.4.